The third kappa shape index (κ3) is 5.83. The molecule has 3 nitrogen and oxygen atoms in total. The summed E-state index contributed by atoms with van der Waals surface area (Å²) in [5.41, 5.74) is 1.22. The van der Waals surface area contributed by atoms with Crippen molar-refractivity contribution in [1.82, 2.24) is 5.32 Å². The van der Waals surface area contributed by atoms with Crippen LogP contribution in [0, 0.1) is 0 Å². The molecule has 0 aliphatic rings. The largest absolute Gasteiger partial charge is 0.394 e. The van der Waals surface area contributed by atoms with E-state index >= 15 is 0 Å². The quantitative estimate of drug-likeness (QED) is 0.679. The van der Waals surface area contributed by atoms with Crippen molar-refractivity contribution in [2.45, 2.75) is 25.8 Å². The highest BCUT2D eigenvalue weighted by Crippen LogP contribution is 2.20. The van der Waals surface area contributed by atoms with E-state index in [-0.39, 0.29) is 6.61 Å². The summed E-state index contributed by atoms with van der Waals surface area (Å²) in [5.74, 6) is 0. The molecule has 4 heteroatoms. The highest BCUT2D eigenvalue weighted by atomic mass is 35.5. The molecular formula is C14H22ClNO2. The number of rotatable bonds is 9. The molecule has 0 bridgehead atoms. The molecule has 1 atom stereocenters. The molecule has 2 N–H and O–H groups in total. The number of aliphatic hydroxyl groups excluding tert-OH is 1. The molecule has 0 fully saturated rings. The normalized spacial score (nSPS) is 12.6. The molecule has 0 saturated carbocycles. The molecule has 1 unspecified atom stereocenters. The lowest BCUT2D eigenvalue weighted by atomic mass is 10.0. The van der Waals surface area contributed by atoms with Crippen molar-refractivity contribution < 1.29 is 9.84 Å². The summed E-state index contributed by atoms with van der Waals surface area (Å²) < 4.78 is 5.21. The smallest absolute Gasteiger partial charge is 0.0697 e. The van der Waals surface area contributed by atoms with Crippen molar-refractivity contribution in [2.24, 2.45) is 0 Å². The number of ether oxygens (including phenoxy) is 1. The van der Waals surface area contributed by atoms with Gasteiger partial charge in [-0.15, -0.1) is 0 Å². The SMILES string of the molecule is CCC(NCCCOCCO)c1cccc(Cl)c1. The molecule has 1 rings (SSSR count). The Hall–Kier alpha value is -0.610. The van der Waals surface area contributed by atoms with E-state index in [1.165, 1.54) is 5.56 Å². The van der Waals surface area contributed by atoms with Crippen LogP contribution in [-0.4, -0.2) is 31.5 Å². The Morgan fingerprint density at radius 2 is 2.22 bits per heavy atom. The second kappa shape index (κ2) is 9.34. The molecule has 0 aliphatic heterocycles. The van der Waals surface area contributed by atoms with Crippen LogP contribution in [0.25, 0.3) is 0 Å². The van der Waals surface area contributed by atoms with Crippen molar-refractivity contribution in [3.63, 3.8) is 0 Å². The maximum atomic E-state index is 8.57. The zero-order valence-electron chi connectivity index (χ0n) is 10.9. The Kier molecular flexibility index (Phi) is 8.01. The van der Waals surface area contributed by atoms with Gasteiger partial charge in [0.15, 0.2) is 0 Å². The van der Waals surface area contributed by atoms with E-state index in [0.29, 0.717) is 19.3 Å². The minimum atomic E-state index is 0.0908. The van der Waals surface area contributed by atoms with Crippen molar-refractivity contribution in [3.8, 4) is 0 Å². The monoisotopic (exact) mass is 271 g/mol. The van der Waals surface area contributed by atoms with Crippen LogP contribution in [-0.2, 0) is 4.74 Å². The summed E-state index contributed by atoms with van der Waals surface area (Å²) >= 11 is 5.99. The Morgan fingerprint density at radius 1 is 1.39 bits per heavy atom. The number of nitrogens with one attached hydrogen (secondary N) is 1. The van der Waals surface area contributed by atoms with Crippen LogP contribution < -0.4 is 5.32 Å². The minimum Gasteiger partial charge on any atom is -0.394 e. The van der Waals surface area contributed by atoms with Gasteiger partial charge in [-0.2, -0.15) is 0 Å². The summed E-state index contributed by atoms with van der Waals surface area (Å²) in [6.45, 7) is 4.25. The zero-order chi connectivity index (χ0) is 13.2. The van der Waals surface area contributed by atoms with Crippen LogP contribution in [0.4, 0.5) is 0 Å². The van der Waals surface area contributed by atoms with Gasteiger partial charge in [0.05, 0.1) is 13.2 Å². The fourth-order valence-electron chi connectivity index (χ4n) is 1.84. The maximum Gasteiger partial charge on any atom is 0.0697 e. The molecule has 1 aromatic carbocycles. The Bertz CT molecular complexity index is 333. The van der Waals surface area contributed by atoms with Crippen molar-refractivity contribution >= 4 is 11.6 Å². The molecule has 18 heavy (non-hydrogen) atoms. The molecule has 0 radical (unpaired) electrons. The molecule has 0 aromatic heterocycles. The second-order valence-electron chi connectivity index (χ2n) is 4.16. The first-order chi connectivity index (χ1) is 8.77. The summed E-state index contributed by atoms with van der Waals surface area (Å²) in [5, 5.41) is 12.8. The number of aliphatic hydroxyl groups is 1. The molecule has 0 spiro atoms. The summed E-state index contributed by atoms with van der Waals surface area (Å²) in [4.78, 5) is 0. The minimum absolute atomic E-state index is 0.0908. The standard InChI is InChI=1S/C14H22ClNO2/c1-2-14(12-5-3-6-13(15)11-12)16-7-4-9-18-10-8-17/h3,5-6,11,14,16-17H,2,4,7-10H2,1H3. The van der Waals surface area contributed by atoms with Crippen LogP contribution in [0.15, 0.2) is 24.3 Å². The molecule has 102 valence electrons. The van der Waals surface area contributed by atoms with Crippen molar-refractivity contribution in [1.29, 1.82) is 0 Å². The van der Waals surface area contributed by atoms with Gasteiger partial charge < -0.3 is 15.2 Å². The number of hydrogen-bond acceptors (Lipinski definition) is 3. The fraction of sp³-hybridized carbons (Fsp3) is 0.571. The Labute approximate surface area is 114 Å². The Balaban J connectivity index is 2.29. The number of halogens is 1. The second-order valence-corrected chi connectivity index (χ2v) is 4.60. The third-order valence-electron chi connectivity index (χ3n) is 2.75. The van der Waals surface area contributed by atoms with Crippen LogP contribution >= 0.6 is 11.6 Å². The maximum absolute atomic E-state index is 8.57. The van der Waals surface area contributed by atoms with Crippen LogP contribution in [0.1, 0.15) is 31.4 Å². The average molecular weight is 272 g/mol. The first-order valence-corrected chi connectivity index (χ1v) is 6.83. The van der Waals surface area contributed by atoms with E-state index in [1.807, 2.05) is 18.2 Å². The highest BCUT2D eigenvalue weighted by Gasteiger charge is 2.08. The van der Waals surface area contributed by atoms with Gasteiger partial charge in [-0.05, 0) is 37.1 Å². The van der Waals surface area contributed by atoms with Gasteiger partial charge >= 0.3 is 0 Å². The van der Waals surface area contributed by atoms with Gasteiger partial charge in [0.25, 0.3) is 0 Å². The van der Waals surface area contributed by atoms with E-state index in [4.69, 9.17) is 21.4 Å². The van der Waals surface area contributed by atoms with Gasteiger partial charge in [0, 0.05) is 17.7 Å². The first-order valence-electron chi connectivity index (χ1n) is 6.45. The predicted octanol–water partition coefficient (Wildman–Crippen LogP) is 2.78. The van der Waals surface area contributed by atoms with E-state index in [9.17, 15) is 0 Å². The van der Waals surface area contributed by atoms with Gasteiger partial charge in [0.1, 0.15) is 0 Å². The summed E-state index contributed by atoms with van der Waals surface area (Å²) in [6.07, 6.45) is 1.97. The van der Waals surface area contributed by atoms with E-state index < -0.39 is 0 Å². The number of hydrogen-bond donors (Lipinski definition) is 2. The molecule has 0 aliphatic carbocycles. The van der Waals surface area contributed by atoms with E-state index in [2.05, 4.69) is 18.3 Å². The lowest BCUT2D eigenvalue weighted by Gasteiger charge is -2.17. The van der Waals surface area contributed by atoms with Gasteiger partial charge in [-0.1, -0.05) is 30.7 Å². The Morgan fingerprint density at radius 3 is 2.89 bits per heavy atom. The van der Waals surface area contributed by atoms with Gasteiger partial charge in [-0.25, -0.2) is 0 Å². The van der Waals surface area contributed by atoms with Crippen molar-refractivity contribution in [2.75, 3.05) is 26.4 Å². The molecule has 0 amide bonds. The zero-order valence-corrected chi connectivity index (χ0v) is 11.6. The van der Waals surface area contributed by atoms with Gasteiger partial charge in [0.2, 0.25) is 0 Å². The first kappa shape index (κ1) is 15.4. The summed E-state index contributed by atoms with van der Waals surface area (Å²) in [7, 11) is 0. The molecular weight excluding hydrogens is 250 g/mol. The lowest BCUT2D eigenvalue weighted by molar-refractivity contribution is 0.0903. The number of benzene rings is 1. The molecule has 1 aromatic rings. The predicted molar refractivity (Wildman–Crippen MR) is 75.0 cm³/mol. The fourth-order valence-corrected chi connectivity index (χ4v) is 2.04. The average Bonchev–Trinajstić information content (AvgIpc) is 2.38. The lowest BCUT2D eigenvalue weighted by Crippen LogP contribution is -2.23. The molecule has 0 saturated heterocycles. The van der Waals surface area contributed by atoms with E-state index in [0.717, 1.165) is 24.4 Å². The van der Waals surface area contributed by atoms with Crippen LogP contribution in [0.3, 0.4) is 0 Å². The summed E-state index contributed by atoms with van der Waals surface area (Å²) in [6, 6.07) is 8.30. The molecule has 0 heterocycles. The van der Waals surface area contributed by atoms with Crippen molar-refractivity contribution in [3.05, 3.63) is 34.9 Å². The van der Waals surface area contributed by atoms with Gasteiger partial charge in [-0.3, -0.25) is 0 Å². The third-order valence-corrected chi connectivity index (χ3v) is 2.99. The topological polar surface area (TPSA) is 41.5 Å². The van der Waals surface area contributed by atoms with Crippen LogP contribution in [0.5, 0.6) is 0 Å². The van der Waals surface area contributed by atoms with E-state index in [1.54, 1.807) is 0 Å². The van der Waals surface area contributed by atoms with Crippen LogP contribution in [0.2, 0.25) is 5.02 Å². The highest BCUT2D eigenvalue weighted by molar-refractivity contribution is 6.30.